The van der Waals surface area contributed by atoms with Gasteiger partial charge in [0.2, 0.25) is 12.3 Å². The monoisotopic (exact) mass is 332 g/mol. The molecule has 0 aromatic carbocycles. The molecule has 1 heterocycles. The summed E-state index contributed by atoms with van der Waals surface area (Å²) in [5.41, 5.74) is 1.16. The molecule has 0 aliphatic rings. The highest BCUT2D eigenvalue weighted by molar-refractivity contribution is 6.03. The van der Waals surface area contributed by atoms with Crippen LogP contribution in [0.3, 0.4) is 0 Å². The molecule has 0 bridgehead atoms. The van der Waals surface area contributed by atoms with E-state index in [1.54, 1.807) is 44.6 Å². The van der Waals surface area contributed by atoms with Crippen LogP contribution < -0.4 is 10.6 Å². The molecule has 1 aromatic rings. The van der Waals surface area contributed by atoms with Gasteiger partial charge in [-0.05, 0) is 25.0 Å². The van der Waals surface area contributed by atoms with Crippen molar-refractivity contribution in [3.05, 3.63) is 36.2 Å². The second-order valence-corrected chi connectivity index (χ2v) is 5.78. The molecule has 0 saturated heterocycles. The third-order valence-electron chi connectivity index (χ3n) is 3.58. The van der Waals surface area contributed by atoms with Crippen LogP contribution in [0.4, 0.5) is 5.69 Å². The van der Waals surface area contributed by atoms with E-state index >= 15 is 0 Å². The van der Waals surface area contributed by atoms with Gasteiger partial charge in [0, 0.05) is 30.7 Å². The molecule has 0 saturated carbocycles. The van der Waals surface area contributed by atoms with E-state index in [1.807, 2.05) is 13.8 Å². The smallest absolute Gasteiger partial charge is 0.251 e. The number of amides is 3. The molecule has 0 aliphatic heterocycles. The lowest BCUT2D eigenvalue weighted by Crippen LogP contribution is -2.43. The summed E-state index contributed by atoms with van der Waals surface area (Å²) in [6.45, 7) is 5.56. The fourth-order valence-corrected chi connectivity index (χ4v) is 2.17. The van der Waals surface area contributed by atoms with E-state index in [0.717, 1.165) is 0 Å². The highest BCUT2D eigenvalue weighted by atomic mass is 16.2. The summed E-state index contributed by atoms with van der Waals surface area (Å²) in [5, 5.41) is 5.13. The highest BCUT2D eigenvalue weighted by Crippen LogP contribution is 2.14. The summed E-state index contributed by atoms with van der Waals surface area (Å²) in [6, 6.07) is 3.15. The maximum atomic E-state index is 12.3. The number of carbonyl (C=O) groups excluding carboxylic acids is 3. The SMILES string of the molecule is C/C(=C\[C@H](C(C)C)N(C)C(=O)CNC=O)C(=O)Nc1ccncc1. The molecule has 1 atom stereocenters. The quantitative estimate of drug-likeness (QED) is 0.553. The van der Waals surface area contributed by atoms with Gasteiger partial charge in [-0.25, -0.2) is 0 Å². The van der Waals surface area contributed by atoms with Crippen molar-refractivity contribution in [3.63, 3.8) is 0 Å². The lowest BCUT2D eigenvalue weighted by Gasteiger charge is -2.29. The molecule has 3 amide bonds. The van der Waals surface area contributed by atoms with Gasteiger partial charge >= 0.3 is 0 Å². The Labute approximate surface area is 142 Å². The third-order valence-corrected chi connectivity index (χ3v) is 3.58. The second-order valence-electron chi connectivity index (χ2n) is 5.78. The molecule has 24 heavy (non-hydrogen) atoms. The minimum Gasteiger partial charge on any atom is -0.350 e. The van der Waals surface area contributed by atoms with Gasteiger partial charge in [-0.15, -0.1) is 0 Å². The van der Waals surface area contributed by atoms with Crippen LogP contribution in [-0.4, -0.2) is 47.7 Å². The summed E-state index contributed by atoms with van der Waals surface area (Å²) >= 11 is 0. The van der Waals surface area contributed by atoms with Gasteiger partial charge in [0.05, 0.1) is 12.6 Å². The van der Waals surface area contributed by atoms with E-state index in [0.29, 0.717) is 17.7 Å². The number of carbonyl (C=O) groups is 3. The number of aromatic nitrogens is 1. The molecule has 130 valence electrons. The van der Waals surface area contributed by atoms with Crippen LogP contribution >= 0.6 is 0 Å². The van der Waals surface area contributed by atoms with E-state index in [4.69, 9.17) is 0 Å². The maximum absolute atomic E-state index is 12.3. The lowest BCUT2D eigenvalue weighted by atomic mass is 9.99. The fourth-order valence-electron chi connectivity index (χ4n) is 2.17. The fraction of sp³-hybridized carbons (Fsp3) is 0.412. The first kappa shape index (κ1) is 19.3. The Hall–Kier alpha value is -2.70. The predicted octanol–water partition coefficient (Wildman–Crippen LogP) is 1.20. The normalized spacial score (nSPS) is 12.5. The standard InChI is InChI=1S/C17H24N4O3/c1-12(2)15(21(4)16(23)10-19-11-22)9-13(3)17(24)20-14-5-7-18-8-6-14/h5-9,11-12,15H,10H2,1-4H3,(H,19,22)(H,18,20,24)/b13-9+/t15-/m1/s1. The zero-order valence-electron chi connectivity index (χ0n) is 14.4. The van der Waals surface area contributed by atoms with Crippen molar-refractivity contribution in [1.29, 1.82) is 0 Å². The average Bonchev–Trinajstić information content (AvgIpc) is 2.57. The Morgan fingerprint density at radius 3 is 2.46 bits per heavy atom. The van der Waals surface area contributed by atoms with Crippen LogP contribution in [-0.2, 0) is 14.4 Å². The van der Waals surface area contributed by atoms with Crippen molar-refractivity contribution < 1.29 is 14.4 Å². The number of nitrogens with one attached hydrogen (secondary N) is 2. The Morgan fingerprint density at radius 2 is 1.92 bits per heavy atom. The van der Waals surface area contributed by atoms with E-state index in [2.05, 4.69) is 15.6 Å². The van der Waals surface area contributed by atoms with Crippen molar-refractivity contribution in [2.75, 3.05) is 18.9 Å². The summed E-state index contributed by atoms with van der Waals surface area (Å²) < 4.78 is 0. The zero-order valence-corrected chi connectivity index (χ0v) is 14.4. The molecule has 0 spiro atoms. The van der Waals surface area contributed by atoms with Gasteiger partial charge < -0.3 is 15.5 Å². The van der Waals surface area contributed by atoms with Crippen LogP contribution in [0, 0.1) is 5.92 Å². The van der Waals surface area contributed by atoms with Crippen molar-refractivity contribution in [2.24, 2.45) is 5.92 Å². The van der Waals surface area contributed by atoms with Crippen LogP contribution in [0.5, 0.6) is 0 Å². The topological polar surface area (TPSA) is 91.4 Å². The molecule has 0 unspecified atom stereocenters. The molecular weight excluding hydrogens is 308 g/mol. The third kappa shape index (κ3) is 5.83. The van der Waals surface area contributed by atoms with Gasteiger partial charge in [-0.3, -0.25) is 19.4 Å². The van der Waals surface area contributed by atoms with Gasteiger partial charge in [0.25, 0.3) is 5.91 Å². The van der Waals surface area contributed by atoms with Crippen molar-refractivity contribution in [3.8, 4) is 0 Å². The zero-order chi connectivity index (χ0) is 18.1. The molecule has 7 nitrogen and oxygen atoms in total. The number of anilines is 1. The molecule has 0 aliphatic carbocycles. The minimum atomic E-state index is -0.255. The van der Waals surface area contributed by atoms with E-state index in [1.165, 1.54) is 4.90 Å². The number of rotatable bonds is 8. The van der Waals surface area contributed by atoms with Crippen LogP contribution in [0.25, 0.3) is 0 Å². The van der Waals surface area contributed by atoms with Crippen LogP contribution in [0.2, 0.25) is 0 Å². The van der Waals surface area contributed by atoms with Crippen molar-refractivity contribution >= 4 is 23.9 Å². The molecule has 1 aromatic heterocycles. The second kappa shape index (κ2) is 9.44. The first-order valence-electron chi connectivity index (χ1n) is 7.69. The Bertz CT molecular complexity index is 599. The largest absolute Gasteiger partial charge is 0.350 e. The Morgan fingerprint density at radius 1 is 1.29 bits per heavy atom. The van der Waals surface area contributed by atoms with E-state index in [9.17, 15) is 14.4 Å². The number of pyridine rings is 1. The summed E-state index contributed by atoms with van der Waals surface area (Å²) in [4.78, 5) is 40.1. The highest BCUT2D eigenvalue weighted by Gasteiger charge is 2.22. The molecule has 0 radical (unpaired) electrons. The summed E-state index contributed by atoms with van der Waals surface area (Å²) in [7, 11) is 1.66. The van der Waals surface area contributed by atoms with Crippen LogP contribution in [0.1, 0.15) is 20.8 Å². The first-order valence-corrected chi connectivity index (χ1v) is 7.69. The summed E-state index contributed by atoms with van der Waals surface area (Å²) in [5.74, 6) is -0.350. The molecule has 1 rings (SSSR count). The Balaban J connectivity index is 2.84. The van der Waals surface area contributed by atoms with Gasteiger partial charge in [0.15, 0.2) is 0 Å². The van der Waals surface area contributed by atoms with E-state index < -0.39 is 0 Å². The van der Waals surface area contributed by atoms with Crippen molar-refractivity contribution in [2.45, 2.75) is 26.8 Å². The average molecular weight is 332 g/mol. The first-order chi connectivity index (χ1) is 11.4. The number of hydrogen-bond acceptors (Lipinski definition) is 4. The van der Waals surface area contributed by atoms with Gasteiger partial charge in [-0.1, -0.05) is 19.9 Å². The summed E-state index contributed by atoms with van der Waals surface area (Å²) in [6.07, 6.45) is 5.44. The number of hydrogen-bond donors (Lipinski definition) is 2. The number of likely N-dealkylation sites (N-methyl/N-ethyl adjacent to an activating group) is 1. The Kier molecular flexibility index (Phi) is 7.61. The molecule has 2 N–H and O–H groups in total. The van der Waals surface area contributed by atoms with Crippen LogP contribution in [0.15, 0.2) is 36.2 Å². The molecule has 0 fully saturated rings. The van der Waals surface area contributed by atoms with Crippen molar-refractivity contribution in [1.82, 2.24) is 15.2 Å². The predicted molar refractivity (Wildman–Crippen MR) is 92.1 cm³/mol. The van der Waals surface area contributed by atoms with Gasteiger partial charge in [-0.2, -0.15) is 0 Å². The molecule has 7 heteroatoms. The van der Waals surface area contributed by atoms with Gasteiger partial charge in [0.1, 0.15) is 0 Å². The van der Waals surface area contributed by atoms with E-state index in [-0.39, 0.29) is 30.3 Å². The minimum absolute atomic E-state index is 0.0701. The lowest BCUT2D eigenvalue weighted by molar-refractivity contribution is -0.132. The molecular formula is C17H24N4O3. The maximum Gasteiger partial charge on any atom is 0.251 e. The number of nitrogens with zero attached hydrogens (tertiary/aromatic N) is 2.